The molecule has 2 atom stereocenters. The Morgan fingerprint density at radius 2 is 1.76 bits per heavy atom. The van der Waals surface area contributed by atoms with Gasteiger partial charge in [0.25, 0.3) is 5.91 Å². The summed E-state index contributed by atoms with van der Waals surface area (Å²) in [6, 6.07) is 14.9. The van der Waals surface area contributed by atoms with E-state index in [1.165, 1.54) is 0 Å². The van der Waals surface area contributed by atoms with Crippen LogP contribution in [0.5, 0.6) is 11.5 Å². The average Bonchev–Trinajstić information content (AvgIpc) is 3.40. The van der Waals surface area contributed by atoms with E-state index in [0.29, 0.717) is 41.9 Å². The van der Waals surface area contributed by atoms with Gasteiger partial charge in [-0.1, -0.05) is 42.4 Å². The van der Waals surface area contributed by atoms with Crippen LogP contribution in [-0.2, 0) is 0 Å². The molecule has 0 saturated carbocycles. The molecular formula is C22H23N3O4. The van der Waals surface area contributed by atoms with Crippen molar-refractivity contribution in [1.29, 1.82) is 0 Å². The molecule has 0 aliphatic carbocycles. The van der Waals surface area contributed by atoms with Crippen molar-refractivity contribution < 1.29 is 18.8 Å². The predicted octanol–water partition coefficient (Wildman–Crippen LogP) is 3.63. The number of rotatable bonds is 5. The van der Waals surface area contributed by atoms with E-state index in [9.17, 15) is 4.79 Å². The highest BCUT2D eigenvalue weighted by molar-refractivity contribution is 5.95. The van der Waals surface area contributed by atoms with Gasteiger partial charge in [0.15, 0.2) is 0 Å². The maximum Gasteiger partial charge on any atom is 0.254 e. The molecular weight excluding hydrogens is 370 g/mol. The third-order valence-corrected chi connectivity index (χ3v) is 5.29. The lowest BCUT2D eigenvalue weighted by atomic mass is 9.98. The summed E-state index contributed by atoms with van der Waals surface area (Å²) in [5.41, 5.74) is 1.44. The Morgan fingerprint density at radius 3 is 2.41 bits per heavy atom. The first kappa shape index (κ1) is 19.0. The predicted molar refractivity (Wildman–Crippen MR) is 107 cm³/mol. The van der Waals surface area contributed by atoms with Gasteiger partial charge in [0.05, 0.1) is 20.1 Å². The van der Waals surface area contributed by atoms with E-state index in [4.69, 9.17) is 14.0 Å². The Kier molecular flexibility index (Phi) is 5.20. The fourth-order valence-electron chi connectivity index (χ4n) is 3.66. The van der Waals surface area contributed by atoms with Gasteiger partial charge >= 0.3 is 0 Å². The van der Waals surface area contributed by atoms with Crippen molar-refractivity contribution in [2.45, 2.75) is 12.8 Å². The van der Waals surface area contributed by atoms with E-state index < -0.39 is 0 Å². The number of hydrogen-bond acceptors (Lipinski definition) is 6. The van der Waals surface area contributed by atoms with Crippen molar-refractivity contribution in [1.82, 2.24) is 15.0 Å². The zero-order valence-electron chi connectivity index (χ0n) is 16.7. The van der Waals surface area contributed by atoms with Gasteiger partial charge in [-0.2, -0.15) is 4.98 Å². The minimum absolute atomic E-state index is 0.00332. The van der Waals surface area contributed by atoms with Crippen LogP contribution in [0.25, 0.3) is 11.4 Å². The van der Waals surface area contributed by atoms with Gasteiger partial charge in [-0.3, -0.25) is 4.79 Å². The summed E-state index contributed by atoms with van der Waals surface area (Å²) in [6.45, 7) is 3.23. The van der Waals surface area contributed by atoms with Gasteiger partial charge in [0, 0.05) is 30.3 Å². The van der Waals surface area contributed by atoms with Crippen LogP contribution in [-0.4, -0.2) is 48.3 Å². The SMILES string of the molecule is COc1cc(OC)cc(C(=O)N2CC(C)C(c3nc(-c4ccccc4)no3)C2)c1. The van der Waals surface area contributed by atoms with Crippen LogP contribution < -0.4 is 9.47 Å². The average molecular weight is 393 g/mol. The van der Waals surface area contributed by atoms with Gasteiger partial charge in [-0.15, -0.1) is 0 Å². The van der Waals surface area contributed by atoms with Crippen LogP contribution in [0.15, 0.2) is 53.1 Å². The normalized spacial score (nSPS) is 18.7. The van der Waals surface area contributed by atoms with Crippen molar-refractivity contribution in [3.8, 4) is 22.9 Å². The molecule has 0 bridgehead atoms. The molecule has 3 aromatic rings. The highest BCUT2D eigenvalue weighted by Crippen LogP contribution is 2.34. The molecule has 2 heterocycles. The van der Waals surface area contributed by atoms with Gasteiger partial charge in [0.1, 0.15) is 11.5 Å². The largest absolute Gasteiger partial charge is 0.497 e. The standard InChI is InChI=1S/C22H23N3O4/c1-14-12-25(22(26)16-9-17(27-2)11-18(10-16)28-3)13-19(14)21-23-20(24-29-21)15-7-5-4-6-8-15/h4-11,14,19H,12-13H2,1-3H3. The summed E-state index contributed by atoms with van der Waals surface area (Å²) in [5, 5.41) is 4.12. The van der Waals surface area contributed by atoms with Gasteiger partial charge in [0.2, 0.25) is 11.7 Å². The number of ether oxygens (including phenoxy) is 2. The van der Waals surface area contributed by atoms with Crippen molar-refractivity contribution in [3.63, 3.8) is 0 Å². The Labute approximate surface area is 169 Å². The number of carbonyl (C=O) groups is 1. The zero-order valence-corrected chi connectivity index (χ0v) is 16.7. The Hall–Kier alpha value is -3.35. The van der Waals surface area contributed by atoms with Crippen LogP contribution in [0.1, 0.15) is 29.1 Å². The molecule has 29 heavy (non-hydrogen) atoms. The lowest BCUT2D eigenvalue weighted by Crippen LogP contribution is -2.28. The Balaban J connectivity index is 1.53. The lowest BCUT2D eigenvalue weighted by molar-refractivity contribution is 0.0785. The summed E-state index contributed by atoms with van der Waals surface area (Å²) in [7, 11) is 3.13. The number of aromatic nitrogens is 2. The van der Waals surface area contributed by atoms with Crippen LogP contribution in [0, 0.1) is 5.92 Å². The fourth-order valence-corrected chi connectivity index (χ4v) is 3.66. The topological polar surface area (TPSA) is 77.7 Å². The lowest BCUT2D eigenvalue weighted by Gasteiger charge is -2.17. The summed E-state index contributed by atoms with van der Waals surface area (Å²) in [4.78, 5) is 19.5. The van der Waals surface area contributed by atoms with E-state index >= 15 is 0 Å². The zero-order chi connectivity index (χ0) is 20.4. The molecule has 1 aromatic heterocycles. The second-order valence-corrected chi connectivity index (χ2v) is 7.22. The maximum atomic E-state index is 13.1. The fraction of sp³-hybridized carbons (Fsp3) is 0.318. The first-order chi connectivity index (χ1) is 14.1. The maximum absolute atomic E-state index is 13.1. The highest BCUT2D eigenvalue weighted by atomic mass is 16.5. The summed E-state index contributed by atoms with van der Waals surface area (Å²) >= 11 is 0. The van der Waals surface area contributed by atoms with Crippen molar-refractivity contribution in [2.24, 2.45) is 5.92 Å². The molecule has 4 rings (SSSR count). The molecule has 0 N–H and O–H groups in total. The van der Waals surface area contributed by atoms with E-state index in [0.717, 1.165) is 5.56 Å². The van der Waals surface area contributed by atoms with Crippen LogP contribution in [0.3, 0.4) is 0 Å². The second kappa shape index (κ2) is 7.95. The first-order valence-corrected chi connectivity index (χ1v) is 9.50. The number of benzene rings is 2. The van der Waals surface area contributed by atoms with E-state index in [1.807, 2.05) is 35.2 Å². The molecule has 0 radical (unpaired) electrons. The van der Waals surface area contributed by atoms with Crippen molar-refractivity contribution in [2.75, 3.05) is 27.3 Å². The first-order valence-electron chi connectivity index (χ1n) is 9.50. The molecule has 2 unspecified atom stereocenters. The molecule has 1 aliphatic rings. The van der Waals surface area contributed by atoms with Gasteiger partial charge < -0.3 is 18.9 Å². The molecule has 1 amide bonds. The number of hydrogen-bond donors (Lipinski definition) is 0. The van der Waals surface area contributed by atoms with Crippen molar-refractivity contribution >= 4 is 5.91 Å². The molecule has 150 valence electrons. The number of carbonyl (C=O) groups excluding carboxylic acids is 1. The summed E-state index contributed by atoms with van der Waals surface area (Å²) in [6.07, 6.45) is 0. The summed E-state index contributed by atoms with van der Waals surface area (Å²) < 4.78 is 16.1. The van der Waals surface area contributed by atoms with E-state index in [1.54, 1.807) is 32.4 Å². The molecule has 7 nitrogen and oxygen atoms in total. The molecule has 1 fully saturated rings. The quantitative estimate of drug-likeness (QED) is 0.659. The minimum atomic E-state index is -0.0700. The second-order valence-electron chi connectivity index (χ2n) is 7.22. The molecule has 1 aliphatic heterocycles. The monoisotopic (exact) mass is 393 g/mol. The summed E-state index contributed by atoms with van der Waals surface area (Å²) in [5.74, 6) is 2.43. The van der Waals surface area contributed by atoms with E-state index in [-0.39, 0.29) is 17.7 Å². The van der Waals surface area contributed by atoms with Gasteiger partial charge in [-0.25, -0.2) is 0 Å². The van der Waals surface area contributed by atoms with Crippen LogP contribution in [0.2, 0.25) is 0 Å². The Morgan fingerprint density at radius 1 is 1.07 bits per heavy atom. The number of likely N-dealkylation sites (tertiary alicyclic amines) is 1. The van der Waals surface area contributed by atoms with Crippen LogP contribution >= 0.6 is 0 Å². The molecule has 1 saturated heterocycles. The highest BCUT2D eigenvalue weighted by Gasteiger charge is 2.37. The van der Waals surface area contributed by atoms with E-state index in [2.05, 4.69) is 17.1 Å². The minimum Gasteiger partial charge on any atom is -0.497 e. The van der Waals surface area contributed by atoms with Crippen molar-refractivity contribution in [3.05, 3.63) is 60.0 Å². The third kappa shape index (κ3) is 3.81. The number of nitrogens with zero attached hydrogens (tertiary/aromatic N) is 3. The third-order valence-electron chi connectivity index (χ3n) is 5.29. The number of methoxy groups -OCH3 is 2. The molecule has 7 heteroatoms. The molecule has 0 spiro atoms. The van der Waals surface area contributed by atoms with Gasteiger partial charge in [-0.05, 0) is 18.1 Å². The number of amides is 1. The molecule has 2 aromatic carbocycles. The Bertz CT molecular complexity index is 980. The van der Waals surface area contributed by atoms with Crippen LogP contribution in [0.4, 0.5) is 0 Å². The smallest absolute Gasteiger partial charge is 0.254 e.